The fourth-order valence-corrected chi connectivity index (χ4v) is 3.98. The van der Waals surface area contributed by atoms with Crippen LogP contribution in [-0.2, 0) is 6.42 Å². The van der Waals surface area contributed by atoms with E-state index < -0.39 is 0 Å². The second-order valence-corrected chi connectivity index (χ2v) is 8.47. The van der Waals surface area contributed by atoms with Crippen molar-refractivity contribution in [3.8, 4) is 0 Å². The summed E-state index contributed by atoms with van der Waals surface area (Å²) in [6.07, 6.45) is 2.03. The van der Waals surface area contributed by atoms with Crippen LogP contribution in [0.15, 0.2) is 18.2 Å². The minimum atomic E-state index is 0.131. The number of hydrogen-bond donors (Lipinski definition) is 1. The average Bonchev–Trinajstić information content (AvgIpc) is 2.52. The molecule has 0 bridgehead atoms. The first-order valence-electron chi connectivity index (χ1n) is 7.31. The van der Waals surface area contributed by atoms with Crippen LogP contribution in [0.2, 0.25) is 5.02 Å². The third kappa shape index (κ3) is 4.06. The van der Waals surface area contributed by atoms with Crippen molar-refractivity contribution in [2.75, 3.05) is 23.7 Å². The van der Waals surface area contributed by atoms with Crippen LogP contribution in [0.1, 0.15) is 32.8 Å². The molecule has 112 valence electrons. The predicted octanol–water partition coefficient (Wildman–Crippen LogP) is 3.95. The molecule has 0 spiro atoms. The number of hydrogen-bond acceptors (Lipinski definition) is 3. The summed E-state index contributed by atoms with van der Waals surface area (Å²) in [4.78, 5) is 2.48. The zero-order valence-electron chi connectivity index (χ0n) is 12.7. The highest BCUT2D eigenvalue weighted by Crippen LogP contribution is 2.35. The highest BCUT2D eigenvalue weighted by atomic mass is 35.5. The van der Waals surface area contributed by atoms with Gasteiger partial charge in [0.15, 0.2) is 0 Å². The van der Waals surface area contributed by atoms with Gasteiger partial charge in [-0.25, -0.2) is 0 Å². The van der Waals surface area contributed by atoms with Gasteiger partial charge in [0.1, 0.15) is 0 Å². The Balaban J connectivity index is 2.25. The van der Waals surface area contributed by atoms with Crippen molar-refractivity contribution in [2.24, 2.45) is 5.73 Å². The van der Waals surface area contributed by atoms with E-state index in [2.05, 4.69) is 36.6 Å². The summed E-state index contributed by atoms with van der Waals surface area (Å²) in [7, 11) is 0. The Morgan fingerprint density at radius 2 is 2.15 bits per heavy atom. The highest BCUT2D eigenvalue weighted by molar-refractivity contribution is 8.00. The second kappa shape index (κ2) is 6.59. The van der Waals surface area contributed by atoms with Gasteiger partial charge in [0.25, 0.3) is 0 Å². The second-order valence-electron chi connectivity index (χ2n) is 6.26. The van der Waals surface area contributed by atoms with Crippen LogP contribution in [0.4, 0.5) is 5.69 Å². The van der Waals surface area contributed by atoms with Gasteiger partial charge < -0.3 is 10.6 Å². The molecule has 2 rings (SSSR count). The number of nitrogens with two attached hydrogens (primary N) is 1. The highest BCUT2D eigenvalue weighted by Gasteiger charge is 2.25. The van der Waals surface area contributed by atoms with Gasteiger partial charge in [-0.15, -0.1) is 0 Å². The lowest BCUT2D eigenvalue weighted by atomic mass is 10.0. The normalized spacial score (nSPS) is 20.6. The van der Waals surface area contributed by atoms with Crippen molar-refractivity contribution in [1.82, 2.24) is 0 Å². The SMILES string of the molecule is CC(N)Cc1c(Cl)cccc1N1CCSC(C)(C)CC1. The number of halogens is 1. The van der Waals surface area contributed by atoms with Gasteiger partial charge in [-0.1, -0.05) is 31.5 Å². The minimum absolute atomic E-state index is 0.131. The third-order valence-electron chi connectivity index (χ3n) is 3.80. The van der Waals surface area contributed by atoms with Gasteiger partial charge in [0.05, 0.1) is 0 Å². The van der Waals surface area contributed by atoms with Crippen molar-refractivity contribution in [3.63, 3.8) is 0 Å². The van der Waals surface area contributed by atoms with Crippen LogP contribution in [0.5, 0.6) is 0 Å². The maximum atomic E-state index is 6.40. The number of anilines is 1. The molecule has 1 saturated heterocycles. The molecule has 2 nitrogen and oxygen atoms in total. The van der Waals surface area contributed by atoms with Crippen molar-refractivity contribution < 1.29 is 0 Å². The molecule has 1 aromatic carbocycles. The lowest BCUT2D eigenvalue weighted by Gasteiger charge is -2.27. The maximum Gasteiger partial charge on any atom is 0.0459 e. The number of nitrogens with zero attached hydrogens (tertiary/aromatic N) is 1. The summed E-state index contributed by atoms with van der Waals surface area (Å²) in [6.45, 7) is 8.88. The summed E-state index contributed by atoms with van der Waals surface area (Å²) in [6, 6.07) is 6.34. The Hall–Kier alpha value is -0.380. The molecule has 0 radical (unpaired) electrons. The van der Waals surface area contributed by atoms with Crippen molar-refractivity contribution in [2.45, 2.75) is 44.4 Å². The predicted molar refractivity (Wildman–Crippen MR) is 92.2 cm³/mol. The van der Waals surface area contributed by atoms with E-state index in [9.17, 15) is 0 Å². The quantitative estimate of drug-likeness (QED) is 0.916. The molecule has 0 saturated carbocycles. The Morgan fingerprint density at radius 3 is 2.85 bits per heavy atom. The molecule has 4 heteroatoms. The Morgan fingerprint density at radius 1 is 1.40 bits per heavy atom. The van der Waals surface area contributed by atoms with Crippen LogP contribution in [0.25, 0.3) is 0 Å². The van der Waals surface area contributed by atoms with Crippen molar-refractivity contribution in [1.29, 1.82) is 0 Å². The standard InChI is InChI=1S/C16H25ClN2S/c1-12(18)11-13-14(17)5-4-6-15(13)19-8-7-16(2,3)20-10-9-19/h4-6,12H,7-11,18H2,1-3H3. The number of thioether (sulfide) groups is 1. The van der Waals surface area contributed by atoms with Gasteiger partial charge in [-0.05, 0) is 37.5 Å². The molecule has 1 heterocycles. The lowest BCUT2D eigenvalue weighted by Crippen LogP contribution is -2.29. The van der Waals surface area contributed by atoms with Crippen LogP contribution >= 0.6 is 23.4 Å². The zero-order valence-corrected chi connectivity index (χ0v) is 14.2. The van der Waals surface area contributed by atoms with Gasteiger partial charge in [0, 0.05) is 40.3 Å². The molecule has 20 heavy (non-hydrogen) atoms. The monoisotopic (exact) mass is 312 g/mol. The fourth-order valence-electron chi connectivity index (χ4n) is 2.63. The van der Waals surface area contributed by atoms with E-state index in [-0.39, 0.29) is 6.04 Å². The molecule has 0 aromatic heterocycles. The van der Waals surface area contributed by atoms with E-state index >= 15 is 0 Å². The lowest BCUT2D eigenvalue weighted by molar-refractivity contribution is 0.635. The molecule has 0 amide bonds. The summed E-state index contributed by atoms with van der Waals surface area (Å²) < 4.78 is 0.370. The molecule has 1 atom stereocenters. The third-order valence-corrected chi connectivity index (χ3v) is 5.53. The molecular formula is C16H25ClN2S. The Bertz CT molecular complexity index is 460. The molecular weight excluding hydrogens is 288 g/mol. The number of rotatable bonds is 3. The first kappa shape index (κ1) is 16.0. The van der Waals surface area contributed by atoms with Gasteiger partial charge >= 0.3 is 0 Å². The average molecular weight is 313 g/mol. The van der Waals surface area contributed by atoms with Gasteiger partial charge in [0.2, 0.25) is 0 Å². The van der Waals surface area contributed by atoms with Crippen LogP contribution in [0, 0.1) is 0 Å². The molecule has 1 fully saturated rings. The Labute approximate surface area is 132 Å². The smallest absolute Gasteiger partial charge is 0.0459 e. The summed E-state index contributed by atoms with van der Waals surface area (Å²) >= 11 is 8.47. The first-order chi connectivity index (χ1) is 9.39. The van der Waals surface area contributed by atoms with E-state index in [1.165, 1.54) is 17.7 Å². The molecule has 0 aliphatic carbocycles. The molecule has 1 aliphatic heterocycles. The van der Waals surface area contributed by atoms with Crippen LogP contribution in [0.3, 0.4) is 0 Å². The van der Waals surface area contributed by atoms with E-state index in [4.69, 9.17) is 17.3 Å². The zero-order chi connectivity index (χ0) is 14.8. The van der Waals surface area contributed by atoms with Crippen LogP contribution in [-0.4, -0.2) is 29.6 Å². The van der Waals surface area contributed by atoms with E-state index in [0.717, 1.165) is 30.3 Å². The molecule has 1 unspecified atom stereocenters. The largest absolute Gasteiger partial charge is 0.370 e. The molecule has 1 aromatic rings. The van der Waals surface area contributed by atoms with E-state index in [1.807, 2.05) is 19.1 Å². The summed E-state index contributed by atoms with van der Waals surface area (Å²) in [5, 5.41) is 0.843. The summed E-state index contributed by atoms with van der Waals surface area (Å²) in [5.74, 6) is 1.16. The van der Waals surface area contributed by atoms with Gasteiger partial charge in [-0.2, -0.15) is 11.8 Å². The molecule has 2 N–H and O–H groups in total. The van der Waals surface area contributed by atoms with Crippen molar-refractivity contribution in [3.05, 3.63) is 28.8 Å². The van der Waals surface area contributed by atoms with E-state index in [0.29, 0.717) is 4.75 Å². The van der Waals surface area contributed by atoms with Gasteiger partial charge in [-0.3, -0.25) is 0 Å². The van der Waals surface area contributed by atoms with Crippen LogP contribution < -0.4 is 10.6 Å². The molecule has 1 aliphatic rings. The maximum absolute atomic E-state index is 6.40. The minimum Gasteiger partial charge on any atom is -0.370 e. The van der Waals surface area contributed by atoms with E-state index in [1.54, 1.807) is 0 Å². The Kier molecular flexibility index (Phi) is 5.27. The summed E-state index contributed by atoms with van der Waals surface area (Å²) in [5.41, 5.74) is 8.46. The fraction of sp³-hybridized carbons (Fsp3) is 0.625. The first-order valence-corrected chi connectivity index (χ1v) is 8.67. The van der Waals surface area contributed by atoms with Crippen molar-refractivity contribution >= 4 is 29.1 Å². The topological polar surface area (TPSA) is 29.3 Å². The number of benzene rings is 1.